The minimum absolute atomic E-state index is 0. The zero-order chi connectivity index (χ0) is 22.5. The third kappa shape index (κ3) is 7.46. The van der Waals surface area contributed by atoms with Crippen molar-refractivity contribution in [3.63, 3.8) is 0 Å². The number of aromatic nitrogens is 1. The molecule has 0 spiro atoms. The average molecular weight is 465 g/mol. The van der Waals surface area contributed by atoms with Crippen LogP contribution in [0.1, 0.15) is 23.6 Å². The summed E-state index contributed by atoms with van der Waals surface area (Å²) >= 11 is 0. The number of nitrogens with one attached hydrogen (secondary N) is 2. The summed E-state index contributed by atoms with van der Waals surface area (Å²) in [6.45, 7) is 1.99. The fraction of sp³-hybridized carbons (Fsp3) is 0.174. The second-order valence-electron chi connectivity index (χ2n) is 7.14. The van der Waals surface area contributed by atoms with Crippen LogP contribution in [0.5, 0.6) is 5.75 Å². The van der Waals surface area contributed by atoms with Crippen molar-refractivity contribution in [2.75, 3.05) is 5.32 Å². The van der Waals surface area contributed by atoms with E-state index < -0.39 is 41.5 Å². The van der Waals surface area contributed by atoms with Crippen LogP contribution in [0, 0.1) is 6.92 Å². The summed E-state index contributed by atoms with van der Waals surface area (Å²) in [5.74, 6) is -1.99. The summed E-state index contributed by atoms with van der Waals surface area (Å²) in [5, 5.41) is 27.9. The number of carbonyl (C=O) groups excluding carboxylic acids is 2. The summed E-state index contributed by atoms with van der Waals surface area (Å²) in [6.07, 6.45) is 0.816. The Balaban J connectivity index is 0.00000272. The molecule has 0 aliphatic heterocycles. The molecule has 3 aromatic rings. The summed E-state index contributed by atoms with van der Waals surface area (Å²) in [6, 6.07) is 14.3. The zero-order valence-corrected chi connectivity index (χ0v) is 23.0. The van der Waals surface area contributed by atoms with Crippen molar-refractivity contribution >= 4 is 17.7 Å². The maximum Gasteiger partial charge on any atom is 1.00 e. The number of benzene rings is 2. The van der Waals surface area contributed by atoms with Crippen molar-refractivity contribution in [3.8, 4) is 16.9 Å². The Kier molecular flexibility index (Phi) is 11.4. The van der Waals surface area contributed by atoms with Crippen molar-refractivity contribution in [1.82, 2.24) is 9.88 Å². The zero-order valence-electron chi connectivity index (χ0n) is 19.0. The Hall–Kier alpha value is -2.07. The van der Waals surface area contributed by atoms with Gasteiger partial charge in [-0.2, -0.15) is 0 Å². The molecule has 2 N–H and O–H groups in total. The minimum atomic E-state index is -1.35. The average Bonchev–Trinajstić information content (AvgIpc) is 2.74. The van der Waals surface area contributed by atoms with Crippen LogP contribution in [-0.4, -0.2) is 16.6 Å². The van der Waals surface area contributed by atoms with E-state index in [0.717, 1.165) is 27.3 Å². The summed E-state index contributed by atoms with van der Waals surface area (Å²) in [5.41, 5.74) is 2.55. The van der Waals surface area contributed by atoms with Crippen LogP contribution in [0.25, 0.3) is 11.1 Å². The number of rotatable bonds is 6. The molecule has 0 aliphatic carbocycles. The molecule has 0 bridgehead atoms. The molecule has 1 heterocycles. The Morgan fingerprint density at radius 2 is 1.67 bits per heavy atom. The molecule has 2 amide bonds. The summed E-state index contributed by atoms with van der Waals surface area (Å²) < 4.78 is 1.15. The third-order valence-electron chi connectivity index (χ3n) is 4.91. The van der Waals surface area contributed by atoms with Crippen molar-refractivity contribution in [2.45, 2.75) is 19.4 Å². The van der Waals surface area contributed by atoms with Crippen LogP contribution < -0.4 is 85.5 Å². The van der Waals surface area contributed by atoms with Crippen molar-refractivity contribution in [3.05, 3.63) is 82.3 Å². The Bertz CT molecular complexity index is 1180. The largest absolute Gasteiger partial charge is 1.00 e. The third-order valence-corrected chi connectivity index (χ3v) is 4.91. The van der Waals surface area contributed by atoms with Gasteiger partial charge in [0.05, 0.1) is 6.04 Å². The van der Waals surface area contributed by atoms with Gasteiger partial charge in [0.25, 0.3) is 5.56 Å². The van der Waals surface area contributed by atoms with Gasteiger partial charge in [0.2, 0.25) is 0 Å². The molecule has 1 atom stereocenters. The van der Waals surface area contributed by atoms with Crippen molar-refractivity contribution in [2.24, 2.45) is 7.05 Å². The number of anilines is 1. The maximum atomic E-state index is 12.4. The molecule has 3 rings (SSSR count). The van der Waals surface area contributed by atoms with Crippen LogP contribution >= 0.6 is 0 Å². The topological polar surface area (TPSA) is 126 Å². The first-order valence-electron chi connectivity index (χ1n) is 9.56. The second kappa shape index (κ2) is 13.0. The van der Waals surface area contributed by atoms with Gasteiger partial charge in [-0.05, 0) is 29.2 Å². The standard InChI is InChI=1S/C23H23N3O5.2Na/c1-14-5-3-4-6-17(14)15-7-9-16(10-8-15)18(13-20(28)29)24-23(31)25-21-19(27)11-12-26(2)22(21)30;;/h3-12,18,27H,13H2,1-2H3,(H,28,29)(H2,24,25,31);;/q;2*+1/p-2/t18-;;/m0../s1. The number of hydrogen-bond donors (Lipinski definition) is 2. The number of urea groups is 1. The quantitative estimate of drug-likeness (QED) is 0.355. The number of carboxylic acids is 1. The van der Waals surface area contributed by atoms with E-state index >= 15 is 0 Å². The van der Waals surface area contributed by atoms with Gasteiger partial charge in [0.1, 0.15) is 5.69 Å². The van der Waals surface area contributed by atoms with E-state index in [4.69, 9.17) is 0 Å². The van der Waals surface area contributed by atoms with Crippen molar-refractivity contribution < 1.29 is 78.9 Å². The summed E-state index contributed by atoms with van der Waals surface area (Å²) in [4.78, 5) is 35.7. The van der Waals surface area contributed by atoms with Crippen LogP contribution in [0.3, 0.4) is 0 Å². The maximum absolute atomic E-state index is 12.4. The SMILES string of the molecule is Cc1ccccc1-c1ccc([C@H](CC(=O)[O-])NC(=O)Nc2c([O-])ccn(C)c2=O)cc1.[Na+].[Na+]. The predicted molar refractivity (Wildman–Crippen MR) is 112 cm³/mol. The van der Waals surface area contributed by atoms with E-state index in [1.54, 1.807) is 12.1 Å². The molecule has 8 nitrogen and oxygen atoms in total. The number of nitrogens with zero attached hydrogens (tertiary/aromatic N) is 1. The van der Waals surface area contributed by atoms with Gasteiger partial charge >= 0.3 is 65.1 Å². The molecular weight excluding hydrogens is 444 g/mol. The van der Waals surface area contributed by atoms with E-state index in [-0.39, 0.29) is 59.1 Å². The van der Waals surface area contributed by atoms with Gasteiger partial charge < -0.3 is 30.2 Å². The van der Waals surface area contributed by atoms with Crippen LogP contribution in [0.15, 0.2) is 65.6 Å². The number of hydrogen-bond acceptors (Lipinski definition) is 5. The molecule has 2 aromatic carbocycles. The molecule has 0 unspecified atom stereocenters. The van der Waals surface area contributed by atoms with E-state index in [1.165, 1.54) is 13.2 Å². The Labute approximate surface area is 235 Å². The number of carbonyl (C=O) groups is 2. The normalized spacial score (nSPS) is 10.8. The molecule has 0 radical (unpaired) electrons. The van der Waals surface area contributed by atoms with Gasteiger partial charge in [0, 0.05) is 25.6 Å². The number of aliphatic carboxylic acids is 1. The molecule has 0 saturated heterocycles. The van der Waals surface area contributed by atoms with Crippen molar-refractivity contribution in [1.29, 1.82) is 0 Å². The first-order valence-corrected chi connectivity index (χ1v) is 9.56. The molecule has 160 valence electrons. The van der Waals surface area contributed by atoms with E-state index in [1.807, 2.05) is 43.3 Å². The van der Waals surface area contributed by atoms with Crippen LogP contribution in [0.2, 0.25) is 0 Å². The van der Waals surface area contributed by atoms with Crippen LogP contribution in [-0.2, 0) is 11.8 Å². The smallest absolute Gasteiger partial charge is 0.871 e. The first kappa shape index (κ1) is 29.0. The molecule has 0 fully saturated rings. The van der Waals surface area contributed by atoms with E-state index in [9.17, 15) is 24.6 Å². The van der Waals surface area contributed by atoms with Gasteiger partial charge in [-0.3, -0.25) is 4.79 Å². The van der Waals surface area contributed by atoms with E-state index in [0.29, 0.717) is 5.56 Å². The fourth-order valence-corrected chi connectivity index (χ4v) is 3.25. The van der Waals surface area contributed by atoms with Gasteiger partial charge in [-0.1, -0.05) is 60.3 Å². The van der Waals surface area contributed by atoms with Gasteiger partial charge in [-0.15, -0.1) is 0 Å². The monoisotopic (exact) mass is 465 g/mol. The molecule has 33 heavy (non-hydrogen) atoms. The van der Waals surface area contributed by atoms with Crippen LogP contribution in [0.4, 0.5) is 10.5 Å². The molecule has 10 heteroatoms. The fourth-order valence-electron chi connectivity index (χ4n) is 3.25. The minimum Gasteiger partial charge on any atom is -0.871 e. The molecule has 0 saturated carbocycles. The molecule has 1 aromatic heterocycles. The number of carboxylic acid groups (broad SMARTS) is 1. The number of pyridine rings is 1. The Morgan fingerprint density at radius 1 is 1.03 bits per heavy atom. The first-order chi connectivity index (χ1) is 14.8. The van der Waals surface area contributed by atoms with Gasteiger partial charge in [0.15, 0.2) is 0 Å². The summed E-state index contributed by atoms with van der Waals surface area (Å²) in [7, 11) is 1.44. The number of aryl methyl sites for hydroxylation is 2. The van der Waals surface area contributed by atoms with Gasteiger partial charge in [-0.25, -0.2) is 4.79 Å². The molecular formula is C23H21N3Na2O5. The second-order valence-corrected chi connectivity index (χ2v) is 7.14. The molecule has 0 aliphatic rings. The van der Waals surface area contributed by atoms with E-state index in [2.05, 4.69) is 10.6 Å². The predicted octanol–water partition coefficient (Wildman–Crippen LogP) is -4.55. The Morgan fingerprint density at radius 3 is 2.27 bits per heavy atom. The number of amides is 2.